The third kappa shape index (κ3) is 4.20. The lowest BCUT2D eigenvalue weighted by molar-refractivity contribution is -0.137. The number of anilines is 1. The molecule has 0 radical (unpaired) electrons. The minimum atomic E-state index is -3.52. The van der Waals surface area contributed by atoms with Gasteiger partial charge < -0.3 is 9.64 Å². The zero-order valence-electron chi connectivity index (χ0n) is 15.1. The lowest BCUT2D eigenvalue weighted by Crippen LogP contribution is -2.51. The Labute approximate surface area is 164 Å². The zero-order valence-corrected chi connectivity index (χ0v) is 16.7. The van der Waals surface area contributed by atoms with Crippen molar-refractivity contribution in [1.29, 1.82) is 0 Å². The third-order valence-electron chi connectivity index (χ3n) is 4.42. The molecule has 144 valence electrons. The van der Waals surface area contributed by atoms with Gasteiger partial charge in [-0.25, -0.2) is 8.42 Å². The number of ether oxygens (including phenoxy) is 1. The van der Waals surface area contributed by atoms with Crippen LogP contribution < -0.4 is 9.04 Å². The maximum absolute atomic E-state index is 12.9. The number of hydrogen-bond donors (Lipinski definition) is 0. The Kier molecular flexibility index (Phi) is 5.62. The Hall–Kier alpha value is -2.25. The van der Waals surface area contributed by atoms with Crippen LogP contribution in [0.25, 0.3) is 0 Å². The third-order valence-corrected chi connectivity index (χ3v) is 6.42. The molecule has 0 bridgehead atoms. The molecule has 1 aliphatic heterocycles. The maximum Gasteiger partial charge on any atom is 0.265 e. The smallest absolute Gasteiger partial charge is 0.265 e. The first-order chi connectivity index (χ1) is 12.8. The van der Waals surface area contributed by atoms with Gasteiger partial charge in [0, 0.05) is 18.6 Å². The summed E-state index contributed by atoms with van der Waals surface area (Å²) in [7, 11) is -1.86. The lowest BCUT2D eigenvalue weighted by Gasteiger charge is -2.36. The molecule has 0 aromatic heterocycles. The van der Waals surface area contributed by atoms with Gasteiger partial charge in [0.05, 0.1) is 18.0 Å². The first-order valence-corrected chi connectivity index (χ1v) is 10.6. The number of halogens is 1. The van der Waals surface area contributed by atoms with Crippen molar-refractivity contribution in [3.8, 4) is 5.75 Å². The van der Waals surface area contributed by atoms with Crippen molar-refractivity contribution < 1.29 is 17.9 Å². The van der Waals surface area contributed by atoms with Crippen molar-refractivity contribution in [2.45, 2.75) is 19.6 Å². The van der Waals surface area contributed by atoms with Crippen molar-refractivity contribution in [2.75, 3.05) is 23.7 Å². The van der Waals surface area contributed by atoms with Gasteiger partial charge in [0.25, 0.3) is 5.91 Å². The van der Waals surface area contributed by atoms with E-state index in [4.69, 9.17) is 16.3 Å². The molecule has 0 saturated heterocycles. The van der Waals surface area contributed by atoms with Gasteiger partial charge in [-0.2, -0.15) is 0 Å². The Balaban J connectivity index is 1.82. The molecule has 8 heteroatoms. The van der Waals surface area contributed by atoms with Crippen LogP contribution in [-0.4, -0.2) is 44.7 Å². The maximum atomic E-state index is 12.9. The van der Waals surface area contributed by atoms with Crippen LogP contribution in [0.5, 0.6) is 5.75 Å². The average Bonchev–Trinajstić information content (AvgIpc) is 2.68. The van der Waals surface area contributed by atoms with Crippen molar-refractivity contribution in [3.63, 3.8) is 0 Å². The van der Waals surface area contributed by atoms with Crippen LogP contribution in [-0.2, 0) is 21.4 Å². The second-order valence-electron chi connectivity index (χ2n) is 6.33. The van der Waals surface area contributed by atoms with Crippen molar-refractivity contribution in [3.05, 3.63) is 59.1 Å². The Bertz CT molecular complexity index is 931. The highest BCUT2D eigenvalue weighted by Crippen LogP contribution is 2.35. The van der Waals surface area contributed by atoms with E-state index in [2.05, 4.69) is 0 Å². The van der Waals surface area contributed by atoms with Crippen LogP contribution in [0.1, 0.15) is 12.5 Å². The number of likely N-dealkylation sites (N-methyl/N-ethyl adjacent to an activating group) is 1. The molecular formula is C19H21ClN2O4S. The summed E-state index contributed by atoms with van der Waals surface area (Å²) in [5.74, 6) is 0.0536. The van der Waals surface area contributed by atoms with Crippen LogP contribution in [0.3, 0.4) is 0 Å². The minimum Gasteiger partial charge on any atom is -0.476 e. The summed E-state index contributed by atoms with van der Waals surface area (Å²) in [6.07, 6.45) is -0.904. The van der Waals surface area contributed by atoms with E-state index in [1.54, 1.807) is 50.4 Å². The van der Waals surface area contributed by atoms with Gasteiger partial charge in [-0.1, -0.05) is 35.9 Å². The number of fused-ring (bicyclic) bond motifs is 1. The fraction of sp³-hybridized carbons (Fsp3) is 0.316. The Morgan fingerprint density at radius 3 is 2.56 bits per heavy atom. The summed E-state index contributed by atoms with van der Waals surface area (Å²) in [5.41, 5.74) is 1.38. The zero-order chi connectivity index (χ0) is 19.6. The number of carbonyl (C=O) groups is 1. The topological polar surface area (TPSA) is 66.9 Å². The Morgan fingerprint density at radius 2 is 1.89 bits per heavy atom. The van der Waals surface area contributed by atoms with Gasteiger partial charge in [-0.3, -0.25) is 9.10 Å². The van der Waals surface area contributed by atoms with Crippen molar-refractivity contribution >= 4 is 33.2 Å². The molecular weight excluding hydrogens is 388 g/mol. The highest BCUT2D eigenvalue weighted by atomic mass is 35.5. The van der Waals surface area contributed by atoms with E-state index in [1.807, 2.05) is 12.1 Å². The van der Waals surface area contributed by atoms with Crippen molar-refractivity contribution in [1.82, 2.24) is 4.90 Å². The standard InChI is InChI=1S/C19H21ClN2O4S/c1-3-27(24,25)22-13-18(26-17-7-5-4-6-16(17)22)19(23)21(2)12-14-8-10-15(20)11-9-14/h4-11,18H,3,12-13H2,1-2H3. The van der Waals surface area contributed by atoms with Gasteiger partial charge in [-0.15, -0.1) is 0 Å². The van der Waals surface area contributed by atoms with Gasteiger partial charge in [0.15, 0.2) is 6.10 Å². The van der Waals surface area contributed by atoms with E-state index in [0.29, 0.717) is 23.0 Å². The second kappa shape index (κ2) is 7.78. The van der Waals surface area contributed by atoms with E-state index >= 15 is 0 Å². The fourth-order valence-electron chi connectivity index (χ4n) is 2.94. The number of benzene rings is 2. The summed E-state index contributed by atoms with van der Waals surface area (Å²) < 4.78 is 32.1. The molecule has 27 heavy (non-hydrogen) atoms. The van der Waals surface area contributed by atoms with Gasteiger partial charge in [0.2, 0.25) is 10.0 Å². The molecule has 1 aliphatic rings. The van der Waals surface area contributed by atoms with Gasteiger partial charge in [-0.05, 0) is 36.8 Å². The molecule has 0 saturated carbocycles. The molecule has 0 N–H and O–H groups in total. The quantitative estimate of drug-likeness (QED) is 0.762. The molecule has 3 rings (SSSR count). The van der Waals surface area contributed by atoms with Crippen LogP contribution in [0.15, 0.2) is 48.5 Å². The van der Waals surface area contributed by atoms with E-state index in [9.17, 15) is 13.2 Å². The number of carbonyl (C=O) groups excluding carboxylic acids is 1. The summed E-state index contributed by atoms with van der Waals surface area (Å²) >= 11 is 5.89. The number of sulfonamides is 1. The molecule has 0 fully saturated rings. The molecule has 2 aromatic carbocycles. The van der Waals surface area contributed by atoms with Crippen LogP contribution in [0.2, 0.25) is 5.02 Å². The monoisotopic (exact) mass is 408 g/mol. The molecule has 0 spiro atoms. The number of nitrogens with zero attached hydrogens (tertiary/aromatic N) is 2. The number of hydrogen-bond acceptors (Lipinski definition) is 4. The van der Waals surface area contributed by atoms with Gasteiger partial charge in [0.1, 0.15) is 5.75 Å². The van der Waals surface area contributed by atoms with E-state index < -0.39 is 16.1 Å². The number of amides is 1. The predicted molar refractivity (Wildman–Crippen MR) is 106 cm³/mol. The summed E-state index contributed by atoms with van der Waals surface area (Å²) in [6.45, 7) is 1.91. The molecule has 0 aliphatic carbocycles. The first-order valence-electron chi connectivity index (χ1n) is 8.57. The van der Waals surface area contributed by atoms with E-state index in [1.165, 1.54) is 9.21 Å². The molecule has 1 atom stereocenters. The largest absolute Gasteiger partial charge is 0.476 e. The van der Waals surface area contributed by atoms with Gasteiger partial charge >= 0.3 is 0 Å². The molecule has 1 unspecified atom stereocenters. The average molecular weight is 409 g/mol. The minimum absolute atomic E-state index is 0.0447. The summed E-state index contributed by atoms with van der Waals surface area (Å²) in [4.78, 5) is 14.4. The van der Waals surface area contributed by atoms with E-state index in [-0.39, 0.29) is 18.2 Å². The van der Waals surface area contributed by atoms with E-state index in [0.717, 1.165) is 5.56 Å². The molecule has 6 nitrogen and oxygen atoms in total. The summed E-state index contributed by atoms with van der Waals surface area (Å²) in [5, 5.41) is 0.625. The molecule has 2 aromatic rings. The highest BCUT2D eigenvalue weighted by Gasteiger charge is 2.37. The number of para-hydroxylation sites is 2. The van der Waals surface area contributed by atoms with Crippen LogP contribution in [0.4, 0.5) is 5.69 Å². The fourth-order valence-corrected chi connectivity index (χ4v) is 4.19. The first kappa shape index (κ1) is 19.5. The molecule has 1 heterocycles. The lowest BCUT2D eigenvalue weighted by atomic mass is 10.2. The Morgan fingerprint density at radius 1 is 1.22 bits per heavy atom. The molecule has 1 amide bonds. The van der Waals surface area contributed by atoms with Crippen LogP contribution >= 0.6 is 11.6 Å². The number of rotatable bonds is 5. The highest BCUT2D eigenvalue weighted by molar-refractivity contribution is 7.92. The second-order valence-corrected chi connectivity index (χ2v) is 8.95. The van der Waals surface area contributed by atoms with Crippen molar-refractivity contribution in [2.24, 2.45) is 0 Å². The normalized spacial score (nSPS) is 16.4. The van der Waals surface area contributed by atoms with Crippen LogP contribution in [0, 0.1) is 0 Å². The summed E-state index contributed by atoms with van der Waals surface area (Å²) in [6, 6.07) is 14.1. The predicted octanol–water partition coefficient (Wildman–Crippen LogP) is 2.92. The SMILES string of the molecule is CCS(=O)(=O)N1CC(C(=O)N(C)Cc2ccc(Cl)cc2)Oc2ccccc21.